The molecule has 1 amide bonds. The first-order valence-corrected chi connectivity index (χ1v) is 8.89. The van der Waals surface area contributed by atoms with Crippen molar-refractivity contribution in [1.29, 1.82) is 0 Å². The molecule has 23 heavy (non-hydrogen) atoms. The number of nitrogens with zero attached hydrogens (tertiary/aromatic N) is 5. The van der Waals surface area contributed by atoms with Crippen molar-refractivity contribution < 1.29 is 4.79 Å². The van der Waals surface area contributed by atoms with Crippen LogP contribution in [0.1, 0.15) is 35.7 Å². The van der Waals surface area contributed by atoms with Crippen molar-refractivity contribution in [3.63, 3.8) is 0 Å². The third kappa shape index (κ3) is 2.95. The van der Waals surface area contributed by atoms with Gasteiger partial charge in [-0.05, 0) is 25.8 Å². The zero-order valence-corrected chi connectivity index (χ0v) is 14.0. The number of hydrogen-bond donors (Lipinski definition) is 1. The lowest BCUT2D eigenvalue weighted by molar-refractivity contribution is -0.139. The van der Waals surface area contributed by atoms with Gasteiger partial charge in [0.1, 0.15) is 5.01 Å². The molecule has 0 saturated heterocycles. The fourth-order valence-electron chi connectivity index (χ4n) is 3.05. The SMILES string of the molecule is Cc1nnc(NCc2cc3n(n2)CCN(C(=O)C2CCC2)C3)s1. The van der Waals surface area contributed by atoms with Gasteiger partial charge in [-0.25, -0.2) is 0 Å². The van der Waals surface area contributed by atoms with Crippen molar-refractivity contribution >= 4 is 22.4 Å². The van der Waals surface area contributed by atoms with Crippen LogP contribution in [-0.4, -0.2) is 37.3 Å². The van der Waals surface area contributed by atoms with Crippen molar-refractivity contribution in [2.24, 2.45) is 5.92 Å². The minimum absolute atomic E-state index is 0.270. The van der Waals surface area contributed by atoms with E-state index in [1.807, 2.05) is 16.5 Å². The van der Waals surface area contributed by atoms with Gasteiger partial charge in [-0.2, -0.15) is 5.10 Å². The standard InChI is InChI=1S/C15H20N6OS/c1-10-17-18-15(23-10)16-8-12-7-13-9-20(5-6-21(13)19-12)14(22)11-3-2-4-11/h7,11H,2-6,8-9H2,1H3,(H,16,18). The van der Waals surface area contributed by atoms with Crippen LogP contribution in [0.2, 0.25) is 0 Å². The number of nitrogens with one attached hydrogen (secondary N) is 1. The Morgan fingerprint density at radius 3 is 2.96 bits per heavy atom. The maximum absolute atomic E-state index is 12.4. The van der Waals surface area contributed by atoms with Crippen molar-refractivity contribution in [2.45, 2.75) is 45.8 Å². The first kappa shape index (κ1) is 14.6. The Balaban J connectivity index is 1.39. The predicted octanol–water partition coefficient (Wildman–Crippen LogP) is 1.80. The highest BCUT2D eigenvalue weighted by molar-refractivity contribution is 7.15. The van der Waals surface area contributed by atoms with E-state index >= 15 is 0 Å². The Morgan fingerprint density at radius 2 is 2.26 bits per heavy atom. The summed E-state index contributed by atoms with van der Waals surface area (Å²) in [5.41, 5.74) is 2.10. The Labute approximate surface area is 138 Å². The summed E-state index contributed by atoms with van der Waals surface area (Å²) in [6.45, 7) is 4.80. The summed E-state index contributed by atoms with van der Waals surface area (Å²) >= 11 is 1.54. The zero-order valence-electron chi connectivity index (χ0n) is 13.2. The van der Waals surface area contributed by atoms with Gasteiger partial charge >= 0.3 is 0 Å². The van der Waals surface area contributed by atoms with E-state index in [9.17, 15) is 4.79 Å². The molecule has 0 spiro atoms. The number of aryl methyl sites for hydroxylation is 1. The van der Waals surface area contributed by atoms with Crippen molar-refractivity contribution in [1.82, 2.24) is 24.9 Å². The molecule has 3 heterocycles. The van der Waals surface area contributed by atoms with Crippen LogP contribution in [0.25, 0.3) is 0 Å². The van der Waals surface area contributed by atoms with Crippen LogP contribution in [-0.2, 0) is 24.4 Å². The molecule has 2 aromatic heterocycles. The predicted molar refractivity (Wildman–Crippen MR) is 87.0 cm³/mol. The first-order valence-electron chi connectivity index (χ1n) is 8.07. The topological polar surface area (TPSA) is 75.9 Å². The Bertz CT molecular complexity index is 719. The van der Waals surface area contributed by atoms with Crippen LogP contribution in [0.3, 0.4) is 0 Å². The number of anilines is 1. The number of carbonyl (C=O) groups excluding carboxylic acids is 1. The van der Waals surface area contributed by atoms with Gasteiger partial charge in [-0.15, -0.1) is 10.2 Å². The maximum Gasteiger partial charge on any atom is 0.226 e. The molecular weight excluding hydrogens is 312 g/mol. The van der Waals surface area contributed by atoms with E-state index in [2.05, 4.69) is 26.7 Å². The molecule has 0 unspecified atom stereocenters. The number of carbonyl (C=O) groups is 1. The van der Waals surface area contributed by atoms with Crippen molar-refractivity contribution in [3.8, 4) is 0 Å². The minimum atomic E-state index is 0.270. The molecule has 0 atom stereocenters. The molecule has 1 saturated carbocycles. The van der Waals surface area contributed by atoms with Gasteiger partial charge in [0, 0.05) is 12.5 Å². The Morgan fingerprint density at radius 1 is 1.39 bits per heavy atom. The largest absolute Gasteiger partial charge is 0.354 e. The molecule has 1 N–H and O–H groups in total. The van der Waals surface area contributed by atoms with Gasteiger partial charge in [0.15, 0.2) is 0 Å². The van der Waals surface area contributed by atoms with Crippen LogP contribution in [0.5, 0.6) is 0 Å². The van der Waals surface area contributed by atoms with E-state index in [1.54, 1.807) is 0 Å². The molecule has 2 aromatic rings. The van der Waals surface area contributed by atoms with Crippen molar-refractivity contribution in [3.05, 3.63) is 22.5 Å². The van der Waals surface area contributed by atoms with Gasteiger partial charge in [0.25, 0.3) is 0 Å². The van der Waals surface area contributed by atoms with E-state index in [1.165, 1.54) is 17.8 Å². The molecule has 2 aliphatic rings. The Hall–Kier alpha value is -1.96. The van der Waals surface area contributed by atoms with E-state index in [4.69, 9.17) is 0 Å². The number of fused-ring (bicyclic) bond motifs is 1. The van der Waals surface area contributed by atoms with Gasteiger partial charge in [-0.1, -0.05) is 17.8 Å². The Kier molecular flexibility index (Phi) is 3.76. The third-order valence-electron chi connectivity index (χ3n) is 4.56. The van der Waals surface area contributed by atoms with E-state index in [0.29, 0.717) is 19.0 Å². The molecule has 0 radical (unpaired) electrons. The molecule has 0 bridgehead atoms. The number of rotatable bonds is 4. The molecule has 0 aromatic carbocycles. The average Bonchev–Trinajstić information content (AvgIpc) is 3.07. The summed E-state index contributed by atoms with van der Waals surface area (Å²) in [6, 6.07) is 2.08. The highest BCUT2D eigenvalue weighted by atomic mass is 32.1. The van der Waals surface area contributed by atoms with E-state index in [-0.39, 0.29) is 5.92 Å². The average molecular weight is 332 g/mol. The highest BCUT2D eigenvalue weighted by Crippen LogP contribution is 2.29. The number of aromatic nitrogens is 4. The quantitative estimate of drug-likeness (QED) is 0.924. The van der Waals surface area contributed by atoms with Crippen molar-refractivity contribution in [2.75, 3.05) is 11.9 Å². The van der Waals surface area contributed by atoms with E-state index in [0.717, 1.165) is 47.5 Å². The highest BCUT2D eigenvalue weighted by Gasteiger charge is 2.31. The second-order valence-electron chi connectivity index (χ2n) is 6.22. The van der Waals surface area contributed by atoms with Gasteiger partial charge < -0.3 is 10.2 Å². The third-order valence-corrected chi connectivity index (χ3v) is 5.36. The summed E-state index contributed by atoms with van der Waals surface area (Å²) in [5.74, 6) is 0.596. The van der Waals surface area contributed by atoms with Crippen LogP contribution < -0.4 is 5.32 Å². The summed E-state index contributed by atoms with van der Waals surface area (Å²) in [5, 5.41) is 17.7. The fourth-order valence-corrected chi connectivity index (χ4v) is 3.64. The molecule has 8 heteroatoms. The zero-order chi connectivity index (χ0) is 15.8. The van der Waals surface area contributed by atoms with Gasteiger partial charge in [-0.3, -0.25) is 9.48 Å². The van der Waals surface area contributed by atoms with Crippen LogP contribution in [0, 0.1) is 12.8 Å². The van der Waals surface area contributed by atoms with Gasteiger partial charge in [0.05, 0.1) is 31.0 Å². The lowest BCUT2D eigenvalue weighted by atomic mass is 9.84. The van der Waals surface area contributed by atoms with Crippen LogP contribution in [0.15, 0.2) is 6.07 Å². The first-order chi connectivity index (χ1) is 11.2. The maximum atomic E-state index is 12.4. The number of amides is 1. The summed E-state index contributed by atoms with van der Waals surface area (Å²) in [7, 11) is 0. The molecule has 1 fully saturated rings. The lowest BCUT2D eigenvalue weighted by Crippen LogP contribution is -2.43. The monoisotopic (exact) mass is 332 g/mol. The summed E-state index contributed by atoms with van der Waals surface area (Å²) < 4.78 is 2.02. The normalized spacial score (nSPS) is 17.7. The lowest BCUT2D eigenvalue weighted by Gasteiger charge is -2.34. The second kappa shape index (κ2) is 5.92. The summed E-state index contributed by atoms with van der Waals surface area (Å²) in [4.78, 5) is 14.4. The molecule has 1 aliphatic carbocycles. The van der Waals surface area contributed by atoms with Crippen LogP contribution in [0.4, 0.5) is 5.13 Å². The molecule has 1 aliphatic heterocycles. The molecular formula is C15H20N6OS. The van der Waals surface area contributed by atoms with E-state index < -0.39 is 0 Å². The molecule has 122 valence electrons. The van der Waals surface area contributed by atoms with Crippen LogP contribution >= 0.6 is 11.3 Å². The summed E-state index contributed by atoms with van der Waals surface area (Å²) in [6.07, 6.45) is 3.32. The molecule has 4 rings (SSSR count). The second-order valence-corrected chi connectivity index (χ2v) is 7.40. The number of hydrogen-bond acceptors (Lipinski definition) is 6. The smallest absolute Gasteiger partial charge is 0.226 e. The minimum Gasteiger partial charge on any atom is -0.354 e. The van der Waals surface area contributed by atoms with Gasteiger partial charge in [0.2, 0.25) is 11.0 Å². The molecule has 7 nitrogen and oxygen atoms in total. The fraction of sp³-hybridized carbons (Fsp3) is 0.600.